The van der Waals surface area contributed by atoms with Gasteiger partial charge in [-0.25, -0.2) is 9.37 Å². The third-order valence-corrected chi connectivity index (χ3v) is 9.20. The van der Waals surface area contributed by atoms with Crippen molar-refractivity contribution in [1.82, 2.24) is 19.7 Å². The first-order valence-electron chi connectivity index (χ1n) is 13.1. The summed E-state index contributed by atoms with van der Waals surface area (Å²) in [5.41, 5.74) is 1.67. The number of amides is 1. The molecule has 1 amide bonds. The van der Waals surface area contributed by atoms with Crippen LogP contribution in [0.2, 0.25) is 5.02 Å². The highest BCUT2D eigenvalue weighted by Crippen LogP contribution is 2.54. The van der Waals surface area contributed by atoms with Crippen LogP contribution in [0.1, 0.15) is 49.7 Å². The van der Waals surface area contributed by atoms with E-state index in [0.717, 1.165) is 52.9 Å². The third kappa shape index (κ3) is 4.43. The van der Waals surface area contributed by atoms with Crippen molar-refractivity contribution < 1.29 is 13.9 Å². The summed E-state index contributed by atoms with van der Waals surface area (Å²) in [4.78, 5) is 19.7. The third-order valence-electron chi connectivity index (χ3n) is 8.87. The summed E-state index contributed by atoms with van der Waals surface area (Å²) >= 11 is 6.72. The molecule has 37 heavy (non-hydrogen) atoms. The molecule has 7 nitrogen and oxygen atoms in total. The zero-order valence-corrected chi connectivity index (χ0v) is 22.2. The van der Waals surface area contributed by atoms with Crippen LogP contribution in [0, 0.1) is 11.8 Å². The minimum atomic E-state index is -0.951. The first-order chi connectivity index (χ1) is 17.7. The normalized spacial score (nSPS) is 30.6. The first kappa shape index (κ1) is 24.8. The number of carbonyl (C=O) groups is 1. The quantitative estimate of drug-likeness (QED) is 0.512. The number of ether oxygens (including phenoxy) is 1. The molecule has 196 valence electrons. The van der Waals surface area contributed by atoms with Crippen LogP contribution in [0.25, 0.3) is 10.8 Å². The largest absolute Gasteiger partial charge is 0.376 e. The van der Waals surface area contributed by atoms with Crippen LogP contribution in [0.4, 0.5) is 10.2 Å². The smallest absolute Gasteiger partial charge is 0.229 e. The lowest BCUT2D eigenvalue weighted by molar-refractivity contribution is -0.117. The Morgan fingerprint density at radius 3 is 2.68 bits per heavy atom. The fourth-order valence-electron chi connectivity index (χ4n) is 6.39. The average molecular weight is 526 g/mol. The number of rotatable bonds is 5. The predicted molar refractivity (Wildman–Crippen MR) is 142 cm³/mol. The van der Waals surface area contributed by atoms with Gasteiger partial charge in [-0.2, -0.15) is 5.10 Å². The van der Waals surface area contributed by atoms with Crippen molar-refractivity contribution in [2.24, 2.45) is 18.9 Å². The monoisotopic (exact) mass is 525 g/mol. The maximum absolute atomic E-state index is 14.5. The van der Waals surface area contributed by atoms with E-state index in [1.807, 2.05) is 38.5 Å². The molecule has 5 atom stereocenters. The van der Waals surface area contributed by atoms with Gasteiger partial charge in [0.2, 0.25) is 5.91 Å². The highest BCUT2D eigenvalue weighted by atomic mass is 35.5. The van der Waals surface area contributed by atoms with Crippen LogP contribution in [-0.2, 0) is 16.6 Å². The maximum atomic E-state index is 14.5. The Labute approximate surface area is 221 Å². The zero-order valence-electron chi connectivity index (χ0n) is 21.5. The molecule has 1 aromatic carbocycles. The summed E-state index contributed by atoms with van der Waals surface area (Å²) in [6.45, 7) is 6.33. The molecule has 3 aromatic rings. The number of anilines is 1. The van der Waals surface area contributed by atoms with Gasteiger partial charge in [0, 0.05) is 41.7 Å². The molecule has 1 N–H and O–H groups in total. The number of carbonyl (C=O) groups excluding carboxylic acids is 1. The molecule has 3 aliphatic rings. The first-order valence-corrected chi connectivity index (χ1v) is 13.5. The number of aryl methyl sites for hydroxylation is 1. The van der Waals surface area contributed by atoms with Crippen molar-refractivity contribution in [2.45, 2.75) is 50.2 Å². The van der Waals surface area contributed by atoms with Gasteiger partial charge in [0.1, 0.15) is 12.0 Å². The van der Waals surface area contributed by atoms with Gasteiger partial charge in [-0.1, -0.05) is 18.5 Å². The molecule has 2 aliphatic heterocycles. The summed E-state index contributed by atoms with van der Waals surface area (Å²) in [5.74, 6) is 1.22. The van der Waals surface area contributed by atoms with Crippen LogP contribution in [-0.4, -0.2) is 63.6 Å². The molecular formula is C28H33ClFN5O2. The van der Waals surface area contributed by atoms with Gasteiger partial charge in [-0.3, -0.25) is 14.4 Å². The van der Waals surface area contributed by atoms with Gasteiger partial charge < -0.3 is 10.1 Å². The average Bonchev–Trinajstić information content (AvgIpc) is 3.15. The minimum Gasteiger partial charge on any atom is -0.376 e. The number of pyridine rings is 1. The van der Waals surface area contributed by atoms with Crippen molar-refractivity contribution in [3.8, 4) is 0 Å². The number of nitrogens with zero attached hydrogens (tertiary/aromatic N) is 4. The number of piperidine rings is 1. The molecule has 4 heterocycles. The Balaban J connectivity index is 1.16. The molecule has 1 saturated carbocycles. The standard InChI is InChI=1S/C28H33ClFN5O2/c1-16-25(20-12-32-34(3)13-20)26(16)27(36)33-24-10-18-8-21(22(29)9-19(18)11-31-24)17-4-6-35(7-5-17)28(2)15-37-14-23(28)30/h8-13,16-17,23,25-26H,4-7,14-15H2,1-3H3,(H,31,33,36). The summed E-state index contributed by atoms with van der Waals surface area (Å²) in [7, 11) is 1.89. The van der Waals surface area contributed by atoms with Gasteiger partial charge in [-0.15, -0.1) is 0 Å². The summed E-state index contributed by atoms with van der Waals surface area (Å²) in [6.07, 6.45) is 6.47. The van der Waals surface area contributed by atoms with E-state index < -0.39 is 11.7 Å². The summed E-state index contributed by atoms with van der Waals surface area (Å²) in [5, 5.41) is 9.94. The molecule has 0 radical (unpaired) electrons. The lowest BCUT2D eigenvalue weighted by Gasteiger charge is -2.43. The van der Waals surface area contributed by atoms with E-state index in [2.05, 4.69) is 33.3 Å². The fraction of sp³-hybridized carbons (Fsp3) is 0.536. The van der Waals surface area contributed by atoms with E-state index in [1.54, 1.807) is 10.9 Å². The van der Waals surface area contributed by atoms with Gasteiger partial charge in [0.25, 0.3) is 0 Å². The van der Waals surface area contributed by atoms with Crippen LogP contribution >= 0.6 is 11.6 Å². The Morgan fingerprint density at radius 2 is 2.00 bits per heavy atom. The fourth-order valence-corrected chi connectivity index (χ4v) is 6.72. The number of nitrogens with one attached hydrogen (secondary N) is 1. The molecule has 3 fully saturated rings. The van der Waals surface area contributed by atoms with E-state index in [0.29, 0.717) is 18.3 Å². The SMILES string of the molecule is CC1C(C(=O)Nc2cc3cc(C4CCN(C5(C)COCC5F)CC4)c(Cl)cc3cn2)C1c1cnn(C)c1. The second kappa shape index (κ2) is 9.33. The van der Waals surface area contributed by atoms with E-state index in [-0.39, 0.29) is 30.3 Å². The summed E-state index contributed by atoms with van der Waals surface area (Å²) < 4.78 is 21.7. The highest BCUT2D eigenvalue weighted by Gasteiger charge is 2.53. The van der Waals surface area contributed by atoms with Crippen LogP contribution in [0.5, 0.6) is 0 Å². The molecule has 0 bridgehead atoms. The molecule has 2 saturated heterocycles. The Hall–Kier alpha value is -2.55. The molecular weight excluding hydrogens is 493 g/mol. The lowest BCUT2D eigenvalue weighted by atomic mass is 9.85. The number of hydrogen-bond acceptors (Lipinski definition) is 5. The number of benzene rings is 1. The molecule has 9 heteroatoms. The zero-order chi connectivity index (χ0) is 25.9. The lowest BCUT2D eigenvalue weighted by Crippen LogP contribution is -2.55. The van der Waals surface area contributed by atoms with Gasteiger partial charge in [-0.05, 0) is 79.4 Å². The number of likely N-dealkylation sites (tertiary alicyclic amines) is 1. The van der Waals surface area contributed by atoms with Crippen LogP contribution < -0.4 is 5.32 Å². The Kier molecular flexibility index (Phi) is 6.24. The Bertz CT molecular complexity index is 1340. The maximum Gasteiger partial charge on any atom is 0.229 e. The van der Waals surface area contributed by atoms with Crippen molar-refractivity contribution in [3.05, 3.63) is 52.9 Å². The van der Waals surface area contributed by atoms with Gasteiger partial charge in [0.05, 0.1) is 24.9 Å². The number of fused-ring (bicyclic) bond motifs is 1. The van der Waals surface area contributed by atoms with Crippen LogP contribution in [0.15, 0.2) is 36.8 Å². The van der Waals surface area contributed by atoms with E-state index in [1.165, 1.54) is 0 Å². The molecule has 1 aliphatic carbocycles. The second-order valence-corrected chi connectivity index (χ2v) is 11.6. The van der Waals surface area contributed by atoms with Crippen molar-refractivity contribution >= 4 is 34.1 Å². The number of aromatic nitrogens is 3. The number of hydrogen-bond donors (Lipinski definition) is 1. The highest BCUT2D eigenvalue weighted by molar-refractivity contribution is 6.32. The van der Waals surface area contributed by atoms with Gasteiger partial charge >= 0.3 is 0 Å². The van der Waals surface area contributed by atoms with Crippen LogP contribution in [0.3, 0.4) is 0 Å². The molecule has 2 aromatic heterocycles. The van der Waals surface area contributed by atoms with Crippen molar-refractivity contribution in [1.29, 1.82) is 0 Å². The molecule has 6 rings (SSSR count). The number of halogens is 2. The minimum absolute atomic E-state index is 0.00897. The second-order valence-electron chi connectivity index (χ2n) is 11.2. The number of alkyl halides is 1. The van der Waals surface area contributed by atoms with E-state index in [9.17, 15) is 9.18 Å². The van der Waals surface area contributed by atoms with Crippen molar-refractivity contribution in [3.63, 3.8) is 0 Å². The van der Waals surface area contributed by atoms with Gasteiger partial charge in [0.15, 0.2) is 0 Å². The van der Waals surface area contributed by atoms with Crippen molar-refractivity contribution in [2.75, 3.05) is 31.6 Å². The summed E-state index contributed by atoms with van der Waals surface area (Å²) in [6, 6.07) is 6.02. The van der Waals surface area contributed by atoms with E-state index >= 15 is 0 Å². The molecule has 0 spiro atoms. The van der Waals surface area contributed by atoms with E-state index in [4.69, 9.17) is 16.3 Å². The Morgan fingerprint density at radius 1 is 1.22 bits per heavy atom. The predicted octanol–water partition coefficient (Wildman–Crippen LogP) is 4.92. The molecule has 5 unspecified atom stereocenters. The topological polar surface area (TPSA) is 72.3 Å².